The average Bonchev–Trinajstić information content (AvgIpc) is 3.28. The molecule has 200 valence electrons. The fraction of sp³-hybridized carbons (Fsp3) is 0.448. The summed E-state index contributed by atoms with van der Waals surface area (Å²) in [6.45, 7) is 2.14. The monoisotopic (exact) mass is 521 g/mol. The normalized spacial score (nSPS) is 30.3. The maximum absolute atomic E-state index is 13.1. The summed E-state index contributed by atoms with van der Waals surface area (Å²) >= 11 is 0. The van der Waals surface area contributed by atoms with E-state index < -0.39 is 41.3 Å². The van der Waals surface area contributed by atoms with Gasteiger partial charge in [0.2, 0.25) is 0 Å². The number of carbonyl (C=O) groups is 2. The van der Waals surface area contributed by atoms with Gasteiger partial charge < -0.3 is 34.1 Å². The first-order chi connectivity index (χ1) is 18.2. The highest BCUT2D eigenvalue weighted by molar-refractivity contribution is 5.82. The van der Waals surface area contributed by atoms with Crippen LogP contribution in [-0.2, 0) is 30.9 Å². The molecule has 0 amide bonds. The van der Waals surface area contributed by atoms with Gasteiger partial charge in [-0.3, -0.25) is 0 Å². The summed E-state index contributed by atoms with van der Waals surface area (Å²) < 4.78 is 23.1. The van der Waals surface area contributed by atoms with Crippen molar-refractivity contribution >= 4 is 11.9 Å². The zero-order chi connectivity index (χ0) is 26.8. The molecule has 1 saturated heterocycles. The third kappa shape index (κ3) is 3.35. The minimum Gasteiger partial charge on any atom is -0.493 e. The van der Waals surface area contributed by atoms with Crippen LogP contribution in [0.15, 0.2) is 54.3 Å². The number of rotatable bonds is 6. The van der Waals surface area contributed by atoms with Crippen molar-refractivity contribution in [1.29, 1.82) is 0 Å². The van der Waals surface area contributed by atoms with E-state index in [1.54, 1.807) is 43.5 Å². The Bertz CT molecular complexity index is 1330. The smallest absolute Gasteiger partial charge is 0.352 e. The molecule has 2 heterocycles. The van der Waals surface area contributed by atoms with Gasteiger partial charge in [0, 0.05) is 18.0 Å². The lowest BCUT2D eigenvalue weighted by molar-refractivity contribution is -0.178. The molecule has 2 aliphatic carbocycles. The highest BCUT2D eigenvalue weighted by atomic mass is 16.6. The number of likely N-dealkylation sites (N-methyl/N-ethyl adjacent to an activating group) is 1. The minimum absolute atomic E-state index is 0.123. The number of esters is 2. The van der Waals surface area contributed by atoms with Crippen LogP contribution in [0.4, 0.5) is 0 Å². The molecule has 2 unspecified atom stereocenters. The molecule has 6 atom stereocenters. The van der Waals surface area contributed by atoms with Gasteiger partial charge >= 0.3 is 11.9 Å². The summed E-state index contributed by atoms with van der Waals surface area (Å²) in [5.74, 6) is -0.323. The van der Waals surface area contributed by atoms with E-state index >= 15 is 0 Å². The topological polar surface area (TPSA) is 115 Å². The van der Waals surface area contributed by atoms with E-state index in [4.69, 9.17) is 18.9 Å². The van der Waals surface area contributed by atoms with Crippen LogP contribution in [-0.4, -0.2) is 71.6 Å². The quantitative estimate of drug-likeness (QED) is 0.552. The van der Waals surface area contributed by atoms with Crippen molar-refractivity contribution in [2.24, 2.45) is 0 Å². The van der Waals surface area contributed by atoms with Crippen LogP contribution in [0.3, 0.4) is 0 Å². The van der Waals surface area contributed by atoms with E-state index in [1.807, 2.05) is 19.2 Å². The first-order valence-corrected chi connectivity index (χ1v) is 12.9. The molecule has 2 aromatic carbocycles. The molecular formula is C29H31NO8. The molecule has 2 N–H and O–H groups in total. The number of carbonyl (C=O) groups excluding carboxylic acids is 2. The van der Waals surface area contributed by atoms with Gasteiger partial charge in [0.15, 0.2) is 29.8 Å². The second-order valence-electron chi connectivity index (χ2n) is 10.6. The molecule has 9 nitrogen and oxygen atoms in total. The summed E-state index contributed by atoms with van der Waals surface area (Å²) in [4.78, 5) is 27.8. The molecular weight excluding hydrogens is 490 g/mol. The molecule has 2 aliphatic heterocycles. The second-order valence-corrected chi connectivity index (χ2v) is 10.6. The molecule has 0 saturated carbocycles. The van der Waals surface area contributed by atoms with Crippen molar-refractivity contribution in [3.05, 3.63) is 71.0 Å². The van der Waals surface area contributed by atoms with Crippen LogP contribution in [0, 0.1) is 0 Å². The Morgan fingerprint density at radius 2 is 1.92 bits per heavy atom. The SMILES string of the molecule is COc1ccc2c3c1OC1C(OC(=O)[C@H](C)OC(=O)[C@@H](O)c4ccccc4)=CC[C@@]4(O)[C@@H](C2)N(C)CCC314. The van der Waals surface area contributed by atoms with E-state index in [0.29, 0.717) is 29.9 Å². The largest absolute Gasteiger partial charge is 0.493 e. The summed E-state index contributed by atoms with van der Waals surface area (Å²) in [6.07, 6.45) is -0.264. The van der Waals surface area contributed by atoms with E-state index in [2.05, 4.69) is 4.90 Å². The second kappa shape index (κ2) is 8.83. The Morgan fingerprint density at radius 3 is 2.66 bits per heavy atom. The van der Waals surface area contributed by atoms with Crippen molar-refractivity contribution in [3.63, 3.8) is 0 Å². The lowest BCUT2D eigenvalue weighted by Gasteiger charge is -2.61. The van der Waals surface area contributed by atoms with Crippen molar-refractivity contribution in [2.45, 2.75) is 61.6 Å². The highest BCUT2D eigenvalue weighted by Crippen LogP contribution is 2.65. The molecule has 6 rings (SSSR count). The van der Waals surface area contributed by atoms with E-state index in [0.717, 1.165) is 17.7 Å². The van der Waals surface area contributed by atoms with Crippen LogP contribution in [0.1, 0.15) is 42.6 Å². The summed E-state index contributed by atoms with van der Waals surface area (Å²) in [6, 6.07) is 12.1. The van der Waals surface area contributed by atoms with Crippen molar-refractivity contribution < 1.29 is 38.7 Å². The van der Waals surface area contributed by atoms with Gasteiger partial charge in [-0.15, -0.1) is 0 Å². The highest BCUT2D eigenvalue weighted by Gasteiger charge is 2.72. The molecule has 9 heteroatoms. The lowest BCUT2D eigenvalue weighted by Crippen LogP contribution is -2.74. The lowest BCUT2D eigenvalue weighted by atomic mass is 9.50. The van der Waals surface area contributed by atoms with Gasteiger partial charge in [-0.05, 0) is 56.6 Å². The zero-order valence-corrected chi connectivity index (χ0v) is 21.5. The number of hydrogen-bond donors (Lipinski definition) is 2. The maximum atomic E-state index is 13.1. The number of aliphatic hydroxyl groups excluding tert-OH is 1. The molecule has 2 bridgehead atoms. The predicted molar refractivity (Wildman–Crippen MR) is 135 cm³/mol. The van der Waals surface area contributed by atoms with Crippen molar-refractivity contribution in [2.75, 3.05) is 20.7 Å². The molecule has 0 radical (unpaired) electrons. The Hall–Kier alpha value is -3.40. The van der Waals surface area contributed by atoms with Gasteiger partial charge in [-0.1, -0.05) is 36.4 Å². The molecule has 1 spiro atoms. The number of benzene rings is 2. The van der Waals surface area contributed by atoms with Crippen LogP contribution in [0.2, 0.25) is 0 Å². The number of methoxy groups -OCH3 is 1. The molecule has 2 aromatic rings. The third-order valence-corrected chi connectivity index (χ3v) is 8.74. The molecule has 4 aliphatic rings. The number of piperidine rings is 1. The van der Waals surface area contributed by atoms with Gasteiger partial charge in [0.1, 0.15) is 5.76 Å². The number of nitrogens with zero attached hydrogens (tertiary/aromatic N) is 1. The minimum atomic E-state index is -1.52. The van der Waals surface area contributed by atoms with E-state index in [9.17, 15) is 19.8 Å². The molecule has 1 fully saturated rings. The zero-order valence-electron chi connectivity index (χ0n) is 21.5. The molecule has 0 aromatic heterocycles. The Labute approximate surface area is 220 Å². The summed E-state index contributed by atoms with van der Waals surface area (Å²) in [5.41, 5.74) is 0.455. The number of aliphatic hydroxyl groups is 2. The summed E-state index contributed by atoms with van der Waals surface area (Å²) in [5, 5.41) is 22.6. The van der Waals surface area contributed by atoms with Crippen molar-refractivity contribution in [1.82, 2.24) is 4.90 Å². The fourth-order valence-electron chi connectivity index (χ4n) is 6.85. The number of hydrogen-bond acceptors (Lipinski definition) is 9. The van der Waals surface area contributed by atoms with Gasteiger partial charge in [0.25, 0.3) is 0 Å². The number of ether oxygens (including phenoxy) is 4. The van der Waals surface area contributed by atoms with Crippen LogP contribution in [0.5, 0.6) is 11.5 Å². The number of likely N-dealkylation sites (tertiary alicyclic amines) is 1. The third-order valence-electron chi connectivity index (χ3n) is 8.74. The Kier molecular flexibility index (Phi) is 5.79. The van der Waals surface area contributed by atoms with Gasteiger partial charge in [-0.2, -0.15) is 0 Å². The molecule has 38 heavy (non-hydrogen) atoms. The fourth-order valence-corrected chi connectivity index (χ4v) is 6.85. The van der Waals surface area contributed by atoms with E-state index in [1.165, 1.54) is 6.92 Å². The van der Waals surface area contributed by atoms with Crippen LogP contribution in [0.25, 0.3) is 0 Å². The van der Waals surface area contributed by atoms with Crippen LogP contribution >= 0.6 is 0 Å². The van der Waals surface area contributed by atoms with Gasteiger partial charge in [-0.25, -0.2) is 9.59 Å². The predicted octanol–water partition coefficient (Wildman–Crippen LogP) is 2.18. The Morgan fingerprint density at radius 1 is 1.16 bits per heavy atom. The first kappa shape index (κ1) is 24.9. The summed E-state index contributed by atoms with van der Waals surface area (Å²) in [7, 11) is 3.60. The van der Waals surface area contributed by atoms with Crippen LogP contribution < -0.4 is 9.47 Å². The maximum Gasteiger partial charge on any atom is 0.352 e. The van der Waals surface area contributed by atoms with Crippen molar-refractivity contribution in [3.8, 4) is 11.5 Å². The standard InChI is InChI=1S/C29H31NO8/c1-16(36-27(33)23(31)17-7-5-4-6-8-17)26(32)37-20-11-12-29(34)21-15-18-9-10-19(35-3)24-22(18)28(29,25(20)38-24)13-14-30(21)2/h4-11,16,21,23,25,31,34H,12-15H2,1-3H3/t16-,21+,23-,25?,28?,29+/m0/s1. The van der Waals surface area contributed by atoms with E-state index in [-0.39, 0.29) is 18.2 Å². The Balaban J connectivity index is 1.28. The average molecular weight is 522 g/mol. The van der Waals surface area contributed by atoms with Gasteiger partial charge in [0.05, 0.1) is 18.1 Å². The first-order valence-electron chi connectivity index (χ1n) is 12.9.